The second-order valence-electron chi connectivity index (χ2n) is 3.63. The van der Waals surface area contributed by atoms with Gasteiger partial charge in [-0.25, -0.2) is 0 Å². The van der Waals surface area contributed by atoms with Crippen molar-refractivity contribution in [2.45, 2.75) is 26.0 Å². The molecule has 1 rings (SSSR count). The van der Waals surface area contributed by atoms with Crippen LogP contribution in [0.2, 0.25) is 0 Å². The summed E-state index contributed by atoms with van der Waals surface area (Å²) < 4.78 is 0. The third-order valence-corrected chi connectivity index (χ3v) is 1.49. The molecule has 0 aliphatic rings. The van der Waals surface area contributed by atoms with Crippen LogP contribution in [0.5, 0.6) is 0 Å². The van der Waals surface area contributed by atoms with E-state index in [4.69, 9.17) is 0 Å². The lowest BCUT2D eigenvalue weighted by molar-refractivity contribution is 0.0794. The van der Waals surface area contributed by atoms with E-state index < -0.39 is 5.60 Å². The highest BCUT2D eigenvalue weighted by molar-refractivity contribution is 4.98. The normalized spacial score (nSPS) is 11.6. The summed E-state index contributed by atoms with van der Waals surface area (Å²) in [6, 6.07) is 3.73. The summed E-state index contributed by atoms with van der Waals surface area (Å²) in [7, 11) is 0. The van der Waals surface area contributed by atoms with Crippen molar-refractivity contribution in [2.24, 2.45) is 0 Å². The van der Waals surface area contributed by atoms with Crippen LogP contribution in [0.15, 0.2) is 18.3 Å². The van der Waals surface area contributed by atoms with E-state index in [0.717, 1.165) is 5.69 Å². The van der Waals surface area contributed by atoms with Crippen molar-refractivity contribution >= 4 is 0 Å². The Kier molecular flexibility index (Phi) is 3.33. The Bertz CT molecular complexity index is 243. The number of nitrogens with one attached hydrogen (secondary N) is 1. The van der Waals surface area contributed by atoms with E-state index >= 15 is 0 Å². The summed E-state index contributed by atoms with van der Waals surface area (Å²) >= 11 is 0. The zero-order valence-electron chi connectivity index (χ0n) is 7.99. The maximum Gasteiger partial charge on any atom is 0.0768 e. The van der Waals surface area contributed by atoms with Crippen molar-refractivity contribution in [3.63, 3.8) is 0 Å². The van der Waals surface area contributed by atoms with Gasteiger partial charge in [-0.15, -0.1) is 0 Å². The van der Waals surface area contributed by atoms with Crippen LogP contribution in [0.1, 0.15) is 19.5 Å². The van der Waals surface area contributed by atoms with Gasteiger partial charge in [0.05, 0.1) is 11.3 Å². The fourth-order valence-electron chi connectivity index (χ4n) is 0.924. The van der Waals surface area contributed by atoms with E-state index in [1.165, 1.54) is 0 Å². The first kappa shape index (κ1) is 10.1. The first-order valence-corrected chi connectivity index (χ1v) is 4.27. The van der Waals surface area contributed by atoms with Crippen LogP contribution in [0.25, 0.3) is 0 Å². The number of aromatic nitrogens is 2. The lowest BCUT2D eigenvalue weighted by atomic mass is 10.1. The van der Waals surface area contributed by atoms with Gasteiger partial charge in [0.2, 0.25) is 0 Å². The molecule has 1 heterocycles. The van der Waals surface area contributed by atoms with Gasteiger partial charge in [0.25, 0.3) is 0 Å². The van der Waals surface area contributed by atoms with Crippen molar-refractivity contribution in [1.82, 2.24) is 15.5 Å². The zero-order chi connectivity index (χ0) is 9.73. The molecule has 0 amide bonds. The smallest absolute Gasteiger partial charge is 0.0768 e. The highest BCUT2D eigenvalue weighted by Gasteiger charge is 2.10. The van der Waals surface area contributed by atoms with Gasteiger partial charge in [-0.1, -0.05) is 0 Å². The van der Waals surface area contributed by atoms with Crippen molar-refractivity contribution in [2.75, 3.05) is 6.54 Å². The van der Waals surface area contributed by atoms with E-state index in [-0.39, 0.29) is 0 Å². The predicted molar refractivity (Wildman–Crippen MR) is 50.0 cm³/mol. The summed E-state index contributed by atoms with van der Waals surface area (Å²) in [5, 5.41) is 20.1. The second-order valence-corrected chi connectivity index (χ2v) is 3.63. The van der Waals surface area contributed by atoms with E-state index in [0.29, 0.717) is 13.1 Å². The molecule has 0 saturated heterocycles. The van der Waals surface area contributed by atoms with Crippen molar-refractivity contribution < 1.29 is 5.11 Å². The molecule has 0 bridgehead atoms. The minimum Gasteiger partial charge on any atom is -0.389 e. The molecular weight excluding hydrogens is 166 g/mol. The van der Waals surface area contributed by atoms with Crippen LogP contribution in [-0.4, -0.2) is 27.4 Å². The molecule has 4 heteroatoms. The topological polar surface area (TPSA) is 58.0 Å². The third-order valence-electron chi connectivity index (χ3n) is 1.49. The number of nitrogens with zero attached hydrogens (tertiary/aromatic N) is 2. The average molecular weight is 181 g/mol. The van der Waals surface area contributed by atoms with Gasteiger partial charge in [-0.3, -0.25) is 0 Å². The third kappa shape index (κ3) is 4.55. The lowest BCUT2D eigenvalue weighted by Crippen LogP contribution is -2.34. The molecule has 13 heavy (non-hydrogen) atoms. The summed E-state index contributed by atoms with van der Waals surface area (Å²) in [6.07, 6.45) is 1.64. The summed E-state index contributed by atoms with van der Waals surface area (Å²) in [5.41, 5.74) is 0.203. The number of hydrogen-bond donors (Lipinski definition) is 2. The van der Waals surface area contributed by atoms with Crippen molar-refractivity contribution in [3.05, 3.63) is 24.0 Å². The molecule has 4 nitrogen and oxygen atoms in total. The summed E-state index contributed by atoms with van der Waals surface area (Å²) in [4.78, 5) is 0. The van der Waals surface area contributed by atoms with Gasteiger partial charge in [0, 0.05) is 19.3 Å². The van der Waals surface area contributed by atoms with Crippen LogP contribution in [0, 0.1) is 0 Å². The monoisotopic (exact) mass is 181 g/mol. The molecule has 72 valence electrons. The van der Waals surface area contributed by atoms with Gasteiger partial charge in [-0.2, -0.15) is 10.2 Å². The highest BCUT2D eigenvalue weighted by Crippen LogP contribution is 1.98. The first-order chi connectivity index (χ1) is 6.08. The molecule has 0 aliphatic heterocycles. The molecule has 0 spiro atoms. The molecule has 0 saturated carbocycles. The molecule has 1 aromatic heterocycles. The Morgan fingerprint density at radius 3 is 2.85 bits per heavy atom. The molecule has 1 aromatic rings. The minimum absolute atomic E-state index is 0.545. The Morgan fingerprint density at radius 2 is 2.31 bits per heavy atom. The first-order valence-electron chi connectivity index (χ1n) is 4.27. The van der Waals surface area contributed by atoms with Crippen molar-refractivity contribution in [3.8, 4) is 0 Å². The molecular formula is C9H15N3O. The summed E-state index contributed by atoms with van der Waals surface area (Å²) in [6.45, 7) is 4.70. The quantitative estimate of drug-likeness (QED) is 0.703. The molecule has 0 atom stereocenters. The van der Waals surface area contributed by atoms with E-state index in [1.807, 2.05) is 12.1 Å². The van der Waals surface area contributed by atoms with Crippen LogP contribution in [0.4, 0.5) is 0 Å². The van der Waals surface area contributed by atoms with Gasteiger partial charge in [0.15, 0.2) is 0 Å². The zero-order valence-corrected chi connectivity index (χ0v) is 7.99. The lowest BCUT2D eigenvalue weighted by Gasteiger charge is -2.17. The fourth-order valence-corrected chi connectivity index (χ4v) is 0.924. The molecule has 0 radical (unpaired) electrons. The Morgan fingerprint density at radius 1 is 1.54 bits per heavy atom. The minimum atomic E-state index is -0.678. The van der Waals surface area contributed by atoms with Crippen LogP contribution in [0.3, 0.4) is 0 Å². The number of aliphatic hydroxyl groups is 1. The Balaban J connectivity index is 2.29. The molecule has 0 aromatic carbocycles. The van der Waals surface area contributed by atoms with Gasteiger partial charge < -0.3 is 10.4 Å². The highest BCUT2D eigenvalue weighted by atomic mass is 16.3. The molecule has 0 unspecified atom stereocenters. The van der Waals surface area contributed by atoms with Crippen LogP contribution < -0.4 is 5.32 Å². The largest absolute Gasteiger partial charge is 0.389 e. The average Bonchev–Trinajstić information content (AvgIpc) is 2.04. The Hall–Kier alpha value is -1.00. The van der Waals surface area contributed by atoms with Crippen molar-refractivity contribution in [1.29, 1.82) is 0 Å². The van der Waals surface area contributed by atoms with Gasteiger partial charge in [0.1, 0.15) is 0 Å². The number of hydrogen-bond acceptors (Lipinski definition) is 4. The number of rotatable bonds is 4. The fraction of sp³-hybridized carbons (Fsp3) is 0.556. The predicted octanol–water partition coefficient (Wildman–Crippen LogP) is 0.337. The van der Waals surface area contributed by atoms with E-state index in [2.05, 4.69) is 15.5 Å². The maximum absolute atomic E-state index is 9.40. The molecule has 0 aliphatic carbocycles. The van der Waals surface area contributed by atoms with Crippen LogP contribution in [-0.2, 0) is 6.54 Å². The molecule has 2 N–H and O–H groups in total. The van der Waals surface area contributed by atoms with Gasteiger partial charge >= 0.3 is 0 Å². The summed E-state index contributed by atoms with van der Waals surface area (Å²) in [5.74, 6) is 0. The van der Waals surface area contributed by atoms with E-state index in [1.54, 1.807) is 20.0 Å². The Labute approximate surface area is 78.0 Å². The van der Waals surface area contributed by atoms with E-state index in [9.17, 15) is 5.11 Å². The van der Waals surface area contributed by atoms with Crippen LogP contribution >= 0.6 is 0 Å². The van der Waals surface area contributed by atoms with Gasteiger partial charge in [-0.05, 0) is 26.0 Å². The molecule has 0 fully saturated rings. The standard InChI is InChI=1S/C9H15N3O/c1-9(2,13)7-10-6-8-4-3-5-11-12-8/h3-5,10,13H,6-7H2,1-2H3. The second kappa shape index (κ2) is 4.30. The maximum atomic E-state index is 9.40. The SMILES string of the molecule is CC(C)(O)CNCc1cccnn1.